The molecule has 0 radical (unpaired) electrons. The number of nitrogens with zero attached hydrogens (tertiary/aromatic N) is 5. The van der Waals surface area contributed by atoms with Crippen LogP contribution in [-0.2, 0) is 19.1 Å². The number of alkyl halides is 3. The van der Waals surface area contributed by atoms with Crippen LogP contribution in [0.5, 0.6) is 0 Å². The van der Waals surface area contributed by atoms with Crippen molar-refractivity contribution in [3.63, 3.8) is 0 Å². The normalized spacial score (nSPS) is 15.4. The van der Waals surface area contributed by atoms with Gasteiger partial charge in [0.15, 0.2) is 0 Å². The lowest BCUT2D eigenvalue weighted by Crippen LogP contribution is -2.26. The van der Waals surface area contributed by atoms with Crippen LogP contribution < -0.4 is 11.1 Å². The highest BCUT2D eigenvalue weighted by atomic mass is 19.4. The van der Waals surface area contributed by atoms with Crippen LogP contribution in [0.3, 0.4) is 0 Å². The molecule has 1 saturated heterocycles. The Kier molecular flexibility index (Phi) is 5.49. The smallest absolute Gasteiger partial charge is 0.384 e. The molecule has 172 valence electrons. The number of hydrogen-bond acceptors (Lipinski definition) is 6. The Morgan fingerprint density at radius 1 is 1.09 bits per heavy atom. The number of piperidine rings is 1. The maximum atomic E-state index is 13.8. The Labute approximate surface area is 187 Å². The number of aromatic nitrogens is 6. The van der Waals surface area contributed by atoms with Crippen molar-refractivity contribution in [2.24, 2.45) is 0 Å². The summed E-state index contributed by atoms with van der Waals surface area (Å²) < 4.78 is 42.5. The predicted octanol–water partition coefficient (Wildman–Crippen LogP) is 3.26. The van der Waals surface area contributed by atoms with Crippen LogP contribution in [0.1, 0.15) is 46.8 Å². The number of nitrogen functional groups attached to an aromatic ring is 1. The lowest BCUT2D eigenvalue weighted by molar-refractivity contribution is -0.144. The second kappa shape index (κ2) is 8.47. The van der Waals surface area contributed by atoms with Crippen LogP contribution in [0.2, 0.25) is 0 Å². The summed E-state index contributed by atoms with van der Waals surface area (Å²) in [6.07, 6.45) is -2.36. The fourth-order valence-corrected chi connectivity index (χ4v) is 4.43. The van der Waals surface area contributed by atoms with Crippen LogP contribution in [0.15, 0.2) is 36.4 Å². The van der Waals surface area contributed by atoms with Gasteiger partial charge in [0.05, 0.1) is 12.2 Å². The second-order valence-electron chi connectivity index (χ2n) is 8.32. The first kappa shape index (κ1) is 21.4. The number of benzene rings is 1. The number of halogens is 3. The standard InChI is InChI=1S/C22H23F3N8/c23-22(24,25)18-11-17(9-16-10-19(26)28-21-20(16)29-32-30-21)31-33(18)12-13-2-1-3-15(8-13)14-4-6-27-7-5-14/h1-3,8,10-11,14,27H,4-7,9,12H2,(H3,26,28,29,30,32). The van der Waals surface area contributed by atoms with Gasteiger partial charge in [-0.1, -0.05) is 24.3 Å². The average Bonchev–Trinajstić information content (AvgIpc) is 3.41. The molecule has 4 N–H and O–H groups in total. The van der Waals surface area contributed by atoms with Crippen molar-refractivity contribution in [1.82, 2.24) is 35.5 Å². The minimum atomic E-state index is -4.53. The van der Waals surface area contributed by atoms with Crippen LogP contribution in [0, 0.1) is 0 Å². The van der Waals surface area contributed by atoms with E-state index in [-0.39, 0.29) is 24.5 Å². The van der Waals surface area contributed by atoms with Gasteiger partial charge in [-0.2, -0.15) is 28.6 Å². The molecule has 1 aliphatic heterocycles. The number of hydrogen-bond donors (Lipinski definition) is 3. The van der Waals surface area contributed by atoms with Crippen LogP contribution in [0.25, 0.3) is 11.2 Å². The van der Waals surface area contributed by atoms with Gasteiger partial charge in [0.2, 0.25) is 5.65 Å². The number of anilines is 1. The molecule has 8 nitrogen and oxygen atoms in total. The molecule has 0 bridgehead atoms. The highest BCUT2D eigenvalue weighted by molar-refractivity contribution is 5.75. The summed E-state index contributed by atoms with van der Waals surface area (Å²) in [6, 6.07) is 10.5. The van der Waals surface area contributed by atoms with Crippen molar-refractivity contribution in [3.8, 4) is 0 Å². The lowest BCUT2D eigenvalue weighted by atomic mass is 9.89. The third-order valence-electron chi connectivity index (χ3n) is 5.98. The molecule has 5 rings (SSSR count). The van der Waals surface area contributed by atoms with Gasteiger partial charge < -0.3 is 11.1 Å². The highest BCUT2D eigenvalue weighted by Gasteiger charge is 2.36. The minimum Gasteiger partial charge on any atom is -0.384 e. The van der Waals surface area contributed by atoms with Gasteiger partial charge in [0.1, 0.15) is 17.0 Å². The molecule has 0 saturated carbocycles. The van der Waals surface area contributed by atoms with Crippen molar-refractivity contribution < 1.29 is 13.2 Å². The molecule has 4 heterocycles. The maximum absolute atomic E-state index is 13.8. The number of fused-ring (bicyclic) bond motifs is 1. The maximum Gasteiger partial charge on any atom is 0.433 e. The van der Waals surface area contributed by atoms with Gasteiger partial charge in [-0.25, -0.2) is 4.98 Å². The summed E-state index contributed by atoms with van der Waals surface area (Å²) >= 11 is 0. The van der Waals surface area contributed by atoms with Gasteiger partial charge >= 0.3 is 6.18 Å². The molecule has 0 aliphatic carbocycles. The Bertz CT molecular complexity index is 1270. The molecule has 0 unspecified atom stereocenters. The zero-order valence-corrected chi connectivity index (χ0v) is 17.7. The molecule has 3 aromatic heterocycles. The summed E-state index contributed by atoms with van der Waals surface area (Å²) in [5, 5.41) is 18.1. The molecule has 11 heteroatoms. The quantitative estimate of drug-likeness (QED) is 0.425. The topological polar surface area (TPSA) is 110 Å². The molecule has 1 fully saturated rings. The predicted molar refractivity (Wildman–Crippen MR) is 117 cm³/mol. The van der Waals surface area contributed by atoms with E-state index in [4.69, 9.17) is 5.73 Å². The molecule has 4 aromatic rings. The number of pyridine rings is 1. The number of nitrogens with two attached hydrogens (primary N) is 1. The SMILES string of the molecule is Nc1cc(Cc2cc(C(F)(F)F)n(Cc3cccc(C4CCNCC4)c3)n2)c2n[nH]nc2n1. The summed E-state index contributed by atoms with van der Waals surface area (Å²) in [4.78, 5) is 4.07. The van der Waals surface area contributed by atoms with E-state index in [9.17, 15) is 13.2 Å². The van der Waals surface area contributed by atoms with Crippen molar-refractivity contribution >= 4 is 17.0 Å². The van der Waals surface area contributed by atoms with Gasteiger partial charge in [0, 0.05) is 6.42 Å². The largest absolute Gasteiger partial charge is 0.433 e. The van der Waals surface area contributed by atoms with Crippen molar-refractivity contribution in [2.75, 3.05) is 18.8 Å². The molecule has 1 aliphatic rings. The van der Waals surface area contributed by atoms with Gasteiger partial charge in [-0.3, -0.25) is 4.68 Å². The van der Waals surface area contributed by atoms with E-state index >= 15 is 0 Å². The molecular formula is C22H23F3N8. The van der Waals surface area contributed by atoms with Crippen molar-refractivity contribution in [2.45, 2.75) is 37.9 Å². The van der Waals surface area contributed by atoms with Crippen molar-refractivity contribution in [3.05, 3.63) is 64.5 Å². The van der Waals surface area contributed by atoms with Crippen LogP contribution >= 0.6 is 0 Å². The average molecular weight is 456 g/mol. The first-order chi connectivity index (χ1) is 15.9. The zero-order chi connectivity index (χ0) is 23.0. The van der Waals surface area contributed by atoms with Gasteiger partial charge in [-0.15, -0.1) is 5.10 Å². The first-order valence-electron chi connectivity index (χ1n) is 10.8. The van der Waals surface area contributed by atoms with Crippen LogP contribution in [0.4, 0.5) is 19.0 Å². The van der Waals surface area contributed by atoms with Crippen LogP contribution in [-0.4, -0.2) is 43.3 Å². The Hall–Kier alpha value is -3.47. The molecule has 0 atom stereocenters. The van der Waals surface area contributed by atoms with E-state index in [1.165, 1.54) is 0 Å². The van der Waals surface area contributed by atoms with Gasteiger partial charge in [0.25, 0.3) is 0 Å². The van der Waals surface area contributed by atoms with E-state index in [0.717, 1.165) is 47.8 Å². The summed E-state index contributed by atoms with van der Waals surface area (Å²) in [5.41, 5.74) is 8.64. The fourth-order valence-electron chi connectivity index (χ4n) is 4.43. The monoisotopic (exact) mass is 456 g/mol. The molecule has 33 heavy (non-hydrogen) atoms. The molecule has 0 spiro atoms. The minimum absolute atomic E-state index is 0.0332. The Morgan fingerprint density at radius 3 is 2.70 bits per heavy atom. The Balaban J connectivity index is 1.45. The zero-order valence-electron chi connectivity index (χ0n) is 17.7. The third kappa shape index (κ3) is 4.54. The van der Waals surface area contributed by atoms with Gasteiger partial charge in [-0.05, 0) is 60.7 Å². The summed E-state index contributed by atoms with van der Waals surface area (Å²) in [7, 11) is 0. The van der Waals surface area contributed by atoms with E-state index in [1.807, 2.05) is 18.2 Å². The Morgan fingerprint density at radius 2 is 1.91 bits per heavy atom. The number of rotatable bonds is 5. The van der Waals surface area contributed by atoms with Crippen molar-refractivity contribution in [1.29, 1.82) is 0 Å². The van der Waals surface area contributed by atoms with E-state index in [2.05, 4.69) is 36.9 Å². The third-order valence-corrected chi connectivity index (χ3v) is 5.98. The van der Waals surface area contributed by atoms with E-state index < -0.39 is 11.9 Å². The summed E-state index contributed by atoms with van der Waals surface area (Å²) in [5.74, 6) is 0.639. The van der Waals surface area contributed by atoms with E-state index in [1.54, 1.807) is 6.07 Å². The summed E-state index contributed by atoms with van der Waals surface area (Å²) in [6.45, 7) is 1.94. The molecular weight excluding hydrogens is 433 g/mol. The number of nitrogens with one attached hydrogen (secondary N) is 2. The fraction of sp³-hybridized carbons (Fsp3) is 0.364. The number of H-pyrrole nitrogens is 1. The molecule has 0 amide bonds. The number of aromatic amines is 1. The second-order valence-corrected chi connectivity index (χ2v) is 8.32. The highest BCUT2D eigenvalue weighted by Crippen LogP contribution is 2.32. The first-order valence-corrected chi connectivity index (χ1v) is 10.8. The lowest BCUT2D eigenvalue weighted by Gasteiger charge is -2.23. The van der Waals surface area contributed by atoms with E-state index in [0.29, 0.717) is 22.6 Å². The molecule has 1 aromatic carbocycles.